The van der Waals surface area contributed by atoms with Crippen LogP contribution in [0.2, 0.25) is 0 Å². The third-order valence-corrected chi connectivity index (χ3v) is 5.59. The number of amides is 2. The topological polar surface area (TPSA) is 44.8 Å². The smallest absolute Gasteiger partial charge is 0.322 e. The van der Waals surface area contributed by atoms with Crippen molar-refractivity contribution in [1.29, 1.82) is 0 Å². The molecule has 0 unspecified atom stereocenters. The second-order valence-electron chi connectivity index (χ2n) is 7.54. The van der Waals surface area contributed by atoms with Crippen LogP contribution in [0.3, 0.4) is 0 Å². The van der Waals surface area contributed by atoms with Crippen LogP contribution in [-0.4, -0.2) is 49.8 Å². The molecule has 5 nitrogen and oxygen atoms in total. The second-order valence-corrected chi connectivity index (χ2v) is 7.54. The van der Waals surface area contributed by atoms with E-state index in [9.17, 15) is 13.6 Å². The first-order valence-electron chi connectivity index (χ1n) is 10.1. The number of nitrogens with one attached hydrogen (secondary N) is 1. The number of halogens is 2. The van der Waals surface area contributed by atoms with Gasteiger partial charge in [-0.3, -0.25) is 9.80 Å². The third kappa shape index (κ3) is 4.85. The van der Waals surface area contributed by atoms with Crippen molar-refractivity contribution < 1.29 is 18.3 Å². The summed E-state index contributed by atoms with van der Waals surface area (Å²) in [6.45, 7) is 3.70. The number of likely N-dealkylation sites (tertiary alicyclic amines) is 1. The number of rotatable bonds is 5. The summed E-state index contributed by atoms with van der Waals surface area (Å²) in [6.07, 6.45) is 2.45. The van der Waals surface area contributed by atoms with Gasteiger partial charge in [-0.15, -0.1) is 0 Å². The van der Waals surface area contributed by atoms with Crippen LogP contribution in [0.15, 0.2) is 42.5 Å². The van der Waals surface area contributed by atoms with E-state index in [0.29, 0.717) is 25.3 Å². The highest BCUT2D eigenvalue weighted by molar-refractivity contribution is 5.94. The van der Waals surface area contributed by atoms with Crippen LogP contribution in [0, 0.1) is 11.6 Å². The number of carbonyl (C=O) groups excluding carboxylic acids is 1. The molecule has 1 N–H and O–H groups in total. The average Bonchev–Trinajstić information content (AvgIpc) is 3.14. The van der Waals surface area contributed by atoms with Crippen molar-refractivity contribution in [2.24, 2.45) is 0 Å². The Labute approximate surface area is 169 Å². The molecule has 29 heavy (non-hydrogen) atoms. The number of hydrogen-bond donors (Lipinski definition) is 1. The molecule has 0 bridgehead atoms. The van der Waals surface area contributed by atoms with Crippen LogP contribution < -0.4 is 15.0 Å². The lowest BCUT2D eigenvalue weighted by molar-refractivity contribution is 0.165. The van der Waals surface area contributed by atoms with Gasteiger partial charge in [-0.1, -0.05) is 0 Å². The van der Waals surface area contributed by atoms with Gasteiger partial charge in [-0.25, -0.2) is 13.6 Å². The average molecular weight is 401 g/mol. The van der Waals surface area contributed by atoms with E-state index in [4.69, 9.17) is 4.74 Å². The molecule has 4 rings (SSSR count). The maximum absolute atomic E-state index is 13.4. The van der Waals surface area contributed by atoms with Crippen LogP contribution in [0.1, 0.15) is 18.4 Å². The van der Waals surface area contributed by atoms with Crippen LogP contribution in [0.5, 0.6) is 5.75 Å². The summed E-state index contributed by atoms with van der Waals surface area (Å²) in [5.74, 6) is 0.132. The molecule has 2 aromatic rings. The molecule has 0 aromatic heterocycles. The van der Waals surface area contributed by atoms with Crippen LogP contribution >= 0.6 is 0 Å². The molecule has 1 saturated heterocycles. The number of piperidine rings is 1. The summed E-state index contributed by atoms with van der Waals surface area (Å²) in [4.78, 5) is 16.7. The first kappa shape index (κ1) is 19.6. The van der Waals surface area contributed by atoms with Crippen molar-refractivity contribution in [1.82, 2.24) is 10.2 Å². The molecule has 1 fully saturated rings. The molecule has 7 heteroatoms. The van der Waals surface area contributed by atoms with Gasteiger partial charge in [-0.05, 0) is 67.3 Å². The molecule has 2 aliphatic heterocycles. The predicted molar refractivity (Wildman–Crippen MR) is 107 cm³/mol. The highest BCUT2D eigenvalue weighted by Crippen LogP contribution is 2.28. The molecule has 154 valence electrons. The van der Waals surface area contributed by atoms with Crippen LogP contribution in [0.25, 0.3) is 0 Å². The maximum atomic E-state index is 13.4. The minimum atomic E-state index is -0.272. The zero-order valence-corrected chi connectivity index (χ0v) is 16.2. The monoisotopic (exact) mass is 401 g/mol. The third-order valence-electron chi connectivity index (χ3n) is 5.59. The van der Waals surface area contributed by atoms with Crippen molar-refractivity contribution >= 4 is 11.7 Å². The van der Waals surface area contributed by atoms with Gasteiger partial charge in [0.05, 0.1) is 0 Å². The Hall–Kier alpha value is -2.67. The fourth-order valence-electron chi connectivity index (χ4n) is 3.96. The first-order chi connectivity index (χ1) is 14.1. The maximum Gasteiger partial charge on any atom is 0.322 e. The Bertz CT molecular complexity index is 852. The molecule has 2 aromatic carbocycles. The summed E-state index contributed by atoms with van der Waals surface area (Å²) in [5.41, 5.74) is 1.69. The summed E-state index contributed by atoms with van der Waals surface area (Å²) in [5, 5.41) is 3.12. The number of carbonyl (C=O) groups is 1. The van der Waals surface area contributed by atoms with Crippen LogP contribution in [-0.2, 0) is 6.42 Å². The van der Waals surface area contributed by atoms with E-state index in [2.05, 4.69) is 10.2 Å². The number of ether oxygens (including phenoxy) is 1. The molecule has 0 saturated carbocycles. The van der Waals surface area contributed by atoms with Crippen molar-refractivity contribution in [3.8, 4) is 5.75 Å². The number of urea groups is 1. The molecule has 2 aliphatic rings. The zero-order chi connectivity index (χ0) is 20.2. The Morgan fingerprint density at radius 3 is 2.52 bits per heavy atom. The second kappa shape index (κ2) is 8.78. The van der Waals surface area contributed by atoms with Gasteiger partial charge < -0.3 is 10.1 Å². The molecule has 0 spiro atoms. The standard InChI is InChI=1S/C22H25F2N3O2/c23-17-1-4-20(5-2-17)29-14-13-26-10-8-19(9-11-26)25-22(28)27-12-7-16-15-18(24)3-6-21(16)27/h1-6,15,19H,7-14H2,(H,25,28). The largest absolute Gasteiger partial charge is 0.492 e. The van der Waals surface area contributed by atoms with Gasteiger partial charge in [-0.2, -0.15) is 0 Å². The van der Waals surface area contributed by atoms with E-state index in [1.807, 2.05) is 0 Å². The van der Waals surface area contributed by atoms with Crippen molar-refractivity contribution in [2.45, 2.75) is 25.3 Å². The van der Waals surface area contributed by atoms with Gasteiger partial charge >= 0.3 is 6.03 Å². The number of hydrogen-bond acceptors (Lipinski definition) is 3. The van der Waals surface area contributed by atoms with E-state index in [1.54, 1.807) is 23.1 Å². The van der Waals surface area contributed by atoms with Crippen molar-refractivity contribution in [3.63, 3.8) is 0 Å². The van der Waals surface area contributed by atoms with Gasteiger partial charge in [0, 0.05) is 37.9 Å². The minimum Gasteiger partial charge on any atom is -0.492 e. The number of benzene rings is 2. The SMILES string of the molecule is O=C(NC1CCN(CCOc2ccc(F)cc2)CC1)N1CCc2cc(F)ccc21. The summed E-state index contributed by atoms with van der Waals surface area (Å²) < 4.78 is 31.9. The lowest BCUT2D eigenvalue weighted by atomic mass is 10.1. The van der Waals surface area contributed by atoms with Crippen LogP contribution in [0.4, 0.5) is 19.3 Å². The first-order valence-corrected chi connectivity index (χ1v) is 10.1. The molecular weight excluding hydrogens is 376 g/mol. The molecule has 0 aliphatic carbocycles. The summed E-state index contributed by atoms with van der Waals surface area (Å²) in [7, 11) is 0. The van der Waals surface area contributed by atoms with E-state index in [0.717, 1.165) is 43.7 Å². The number of fused-ring (bicyclic) bond motifs is 1. The summed E-state index contributed by atoms with van der Waals surface area (Å²) >= 11 is 0. The Morgan fingerprint density at radius 1 is 1.03 bits per heavy atom. The van der Waals surface area contributed by atoms with Gasteiger partial charge in [0.2, 0.25) is 0 Å². The fraction of sp³-hybridized carbons (Fsp3) is 0.409. The molecule has 2 heterocycles. The lowest BCUT2D eigenvalue weighted by Crippen LogP contribution is -2.49. The molecule has 0 atom stereocenters. The minimum absolute atomic E-state index is 0.103. The van der Waals surface area contributed by atoms with Gasteiger partial charge in [0.15, 0.2) is 0 Å². The Balaban J connectivity index is 1.19. The normalized spacial score (nSPS) is 17.2. The highest BCUT2D eigenvalue weighted by Gasteiger charge is 2.28. The quantitative estimate of drug-likeness (QED) is 0.833. The number of anilines is 1. The van der Waals surface area contributed by atoms with Gasteiger partial charge in [0.1, 0.15) is 24.0 Å². The predicted octanol–water partition coefficient (Wildman–Crippen LogP) is 3.58. The van der Waals surface area contributed by atoms with Crippen molar-refractivity contribution in [2.75, 3.05) is 37.7 Å². The van der Waals surface area contributed by atoms with E-state index in [1.165, 1.54) is 24.3 Å². The van der Waals surface area contributed by atoms with Gasteiger partial charge in [0.25, 0.3) is 0 Å². The fourth-order valence-corrected chi connectivity index (χ4v) is 3.96. The molecule has 0 radical (unpaired) electrons. The molecule has 2 amide bonds. The van der Waals surface area contributed by atoms with Crippen molar-refractivity contribution in [3.05, 3.63) is 59.7 Å². The van der Waals surface area contributed by atoms with E-state index >= 15 is 0 Å². The van der Waals surface area contributed by atoms with E-state index < -0.39 is 0 Å². The lowest BCUT2D eigenvalue weighted by Gasteiger charge is -2.33. The zero-order valence-electron chi connectivity index (χ0n) is 16.2. The molecular formula is C22H25F2N3O2. The number of nitrogens with zero attached hydrogens (tertiary/aromatic N) is 2. The van der Waals surface area contributed by atoms with E-state index in [-0.39, 0.29) is 23.7 Å². The summed E-state index contributed by atoms with van der Waals surface area (Å²) in [6, 6.07) is 10.7. The Morgan fingerprint density at radius 2 is 1.76 bits per heavy atom. The Kier molecular flexibility index (Phi) is 5.94. The highest BCUT2D eigenvalue weighted by atomic mass is 19.1.